The van der Waals surface area contributed by atoms with Gasteiger partial charge in [-0.15, -0.1) is 5.10 Å². The first-order chi connectivity index (χ1) is 6.07. The van der Waals surface area contributed by atoms with Gasteiger partial charge in [0.25, 0.3) is 0 Å². The van der Waals surface area contributed by atoms with E-state index < -0.39 is 0 Å². The molecule has 13 heavy (non-hydrogen) atoms. The zero-order chi connectivity index (χ0) is 10.0. The van der Waals surface area contributed by atoms with Crippen LogP contribution in [0.3, 0.4) is 0 Å². The Balaban J connectivity index is 3.20. The monoisotopic (exact) mass is 201 g/mol. The SMILES string of the molecule is CCOc1nn(C(C)=O)c(=S)n1C. The molecule has 0 spiro atoms. The van der Waals surface area contributed by atoms with Crippen LogP contribution in [0.15, 0.2) is 0 Å². The molecule has 6 heteroatoms. The number of hydrogen-bond acceptors (Lipinski definition) is 4. The highest BCUT2D eigenvalue weighted by Gasteiger charge is 2.10. The van der Waals surface area contributed by atoms with E-state index in [0.717, 1.165) is 4.68 Å². The molecule has 0 aliphatic carbocycles. The third kappa shape index (κ3) is 1.77. The van der Waals surface area contributed by atoms with Crippen molar-refractivity contribution < 1.29 is 9.53 Å². The summed E-state index contributed by atoms with van der Waals surface area (Å²) in [5.74, 6) is -0.216. The van der Waals surface area contributed by atoms with Crippen molar-refractivity contribution in [1.29, 1.82) is 0 Å². The molecule has 0 unspecified atom stereocenters. The Kier molecular flexibility index (Phi) is 2.82. The quantitative estimate of drug-likeness (QED) is 0.670. The highest BCUT2D eigenvalue weighted by molar-refractivity contribution is 7.71. The highest BCUT2D eigenvalue weighted by atomic mass is 32.1. The van der Waals surface area contributed by atoms with Gasteiger partial charge in [-0.2, -0.15) is 4.68 Å². The van der Waals surface area contributed by atoms with E-state index in [0.29, 0.717) is 17.4 Å². The summed E-state index contributed by atoms with van der Waals surface area (Å²) in [7, 11) is 1.71. The fourth-order valence-corrected chi connectivity index (χ4v) is 1.13. The maximum Gasteiger partial charge on any atom is 0.316 e. The molecule has 0 saturated carbocycles. The van der Waals surface area contributed by atoms with Crippen molar-refractivity contribution in [2.24, 2.45) is 7.05 Å². The molecular formula is C7H11N3O2S. The smallest absolute Gasteiger partial charge is 0.316 e. The third-order valence-corrected chi connectivity index (χ3v) is 1.96. The summed E-state index contributed by atoms with van der Waals surface area (Å²) in [5.41, 5.74) is 0. The molecule has 0 fully saturated rings. The lowest BCUT2D eigenvalue weighted by Gasteiger charge is -1.97. The van der Waals surface area contributed by atoms with Gasteiger partial charge in [0.05, 0.1) is 6.61 Å². The Morgan fingerprint density at radius 2 is 2.31 bits per heavy atom. The molecule has 72 valence electrons. The van der Waals surface area contributed by atoms with Gasteiger partial charge in [-0.1, -0.05) is 0 Å². The first-order valence-corrected chi connectivity index (χ1v) is 4.28. The van der Waals surface area contributed by atoms with Crippen LogP contribution in [0.1, 0.15) is 18.6 Å². The Labute approximate surface area is 80.9 Å². The molecule has 0 aliphatic heterocycles. The standard InChI is InChI=1S/C7H11N3O2S/c1-4-12-6-8-10(5(2)11)7(13)9(6)3/h4H2,1-3H3. The summed E-state index contributed by atoms with van der Waals surface area (Å²) in [6.45, 7) is 3.74. The number of hydrogen-bond donors (Lipinski definition) is 0. The van der Waals surface area contributed by atoms with Crippen LogP contribution in [0.2, 0.25) is 0 Å². The van der Waals surface area contributed by atoms with Gasteiger partial charge in [-0.05, 0) is 19.1 Å². The fourth-order valence-electron chi connectivity index (χ4n) is 0.879. The zero-order valence-corrected chi connectivity index (χ0v) is 8.59. The molecule has 0 atom stereocenters. The first-order valence-electron chi connectivity index (χ1n) is 3.87. The van der Waals surface area contributed by atoms with Crippen LogP contribution in [0.25, 0.3) is 0 Å². The predicted molar refractivity (Wildman–Crippen MR) is 49.5 cm³/mol. The molecule has 1 heterocycles. The highest BCUT2D eigenvalue weighted by Crippen LogP contribution is 2.06. The minimum absolute atomic E-state index is 0.216. The van der Waals surface area contributed by atoms with E-state index in [1.165, 1.54) is 6.92 Å². The Hall–Kier alpha value is -1.17. The number of nitrogens with zero attached hydrogens (tertiary/aromatic N) is 3. The number of ether oxygens (including phenoxy) is 1. The van der Waals surface area contributed by atoms with Crippen molar-refractivity contribution in [3.05, 3.63) is 4.77 Å². The summed E-state index contributed by atoms with van der Waals surface area (Å²) in [6, 6.07) is 0.364. The van der Waals surface area contributed by atoms with Gasteiger partial charge in [-0.25, -0.2) is 0 Å². The van der Waals surface area contributed by atoms with Crippen LogP contribution in [0, 0.1) is 4.77 Å². The number of aromatic nitrogens is 3. The van der Waals surface area contributed by atoms with Crippen LogP contribution in [0.5, 0.6) is 6.01 Å². The van der Waals surface area contributed by atoms with Gasteiger partial charge in [-0.3, -0.25) is 9.36 Å². The van der Waals surface area contributed by atoms with Crippen LogP contribution in [-0.4, -0.2) is 26.9 Å². The van der Waals surface area contributed by atoms with Crippen molar-refractivity contribution in [3.63, 3.8) is 0 Å². The summed E-state index contributed by atoms with van der Waals surface area (Å²) < 4.78 is 8.20. The second-order valence-electron chi connectivity index (χ2n) is 2.49. The van der Waals surface area contributed by atoms with Crippen molar-refractivity contribution >= 4 is 18.1 Å². The summed E-state index contributed by atoms with van der Waals surface area (Å²) in [4.78, 5) is 11.0. The second kappa shape index (κ2) is 3.69. The largest absolute Gasteiger partial charge is 0.464 e. The van der Waals surface area contributed by atoms with Crippen LogP contribution in [-0.2, 0) is 7.05 Å². The number of carbonyl (C=O) groups is 1. The van der Waals surface area contributed by atoms with E-state index in [2.05, 4.69) is 5.10 Å². The molecule has 0 aliphatic rings. The zero-order valence-electron chi connectivity index (χ0n) is 7.77. The van der Waals surface area contributed by atoms with Crippen LogP contribution in [0.4, 0.5) is 0 Å². The second-order valence-corrected chi connectivity index (χ2v) is 2.85. The average molecular weight is 201 g/mol. The van der Waals surface area contributed by atoms with Gasteiger partial charge >= 0.3 is 6.01 Å². The Morgan fingerprint density at radius 3 is 2.69 bits per heavy atom. The molecular weight excluding hydrogens is 190 g/mol. The minimum atomic E-state index is -0.216. The van der Waals surface area contributed by atoms with Gasteiger partial charge in [0.1, 0.15) is 0 Å². The number of carbonyl (C=O) groups excluding carboxylic acids is 1. The minimum Gasteiger partial charge on any atom is -0.464 e. The first kappa shape index (κ1) is 9.91. The molecule has 0 bridgehead atoms. The summed E-state index contributed by atoms with van der Waals surface area (Å²) >= 11 is 4.97. The lowest BCUT2D eigenvalue weighted by atomic mass is 10.7. The molecule has 0 amide bonds. The van der Waals surface area contributed by atoms with Crippen LogP contribution < -0.4 is 4.74 Å². The van der Waals surface area contributed by atoms with Crippen LogP contribution >= 0.6 is 12.2 Å². The molecule has 1 aromatic rings. The van der Waals surface area contributed by atoms with E-state index in [-0.39, 0.29) is 5.91 Å². The van der Waals surface area contributed by atoms with E-state index in [9.17, 15) is 4.79 Å². The Morgan fingerprint density at radius 1 is 1.69 bits per heavy atom. The van der Waals surface area contributed by atoms with Gasteiger partial charge in [0.2, 0.25) is 10.7 Å². The topological polar surface area (TPSA) is 49.1 Å². The van der Waals surface area contributed by atoms with Gasteiger partial charge in [0.15, 0.2) is 0 Å². The Bertz CT molecular complexity index is 380. The summed E-state index contributed by atoms with van der Waals surface area (Å²) in [6.07, 6.45) is 0. The number of rotatable bonds is 2. The molecule has 0 radical (unpaired) electrons. The average Bonchev–Trinajstić information content (AvgIpc) is 2.33. The van der Waals surface area contributed by atoms with Gasteiger partial charge in [0, 0.05) is 14.0 Å². The molecule has 1 aromatic heterocycles. The lowest BCUT2D eigenvalue weighted by Crippen LogP contribution is -2.07. The van der Waals surface area contributed by atoms with E-state index in [1.807, 2.05) is 6.92 Å². The van der Waals surface area contributed by atoms with Gasteiger partial charge < -0.3 is 4.74 Å². The van der Waals surface area contributed by atoms with Crippen molar-refractivity contribution in [2.45, 2.75) is 13.8 Å². The molecule has 0 aromatic carbocycles. The fraction of sp³-hybridized carbons (Fsp3) is 0.571. The molecule has 0 saturated heterocycles. The predicted octanol–water partition coefficient (Wildman–Crippen LogP) is 1.01. The van der Waals surface area contributed by atoms with Crippen molar-refractivity contribution in [1.82, 2.24) is 14.3 Å². The van der Waals surface area contributed by atoms with E-state index >= 15 is 0 Å². The van der Waals surface area contributed by atoms with E-state index in [1.54, 1.807) is 11.6 Å². The molecule has 1 rings (SSSR count). The lowest BCUT2D eigenvalue weighted by molar-refractivity contribution is 0.0917. The maximum atomic E-state index is 11.0. The molecule has 0 N–H and O–H groups in total. The van der Waals surface area contributed by atoms with Crippen molar-refractivity contribution in [3.8, 4) is 6.01 Å². The summed E-state index contributed by atoms with van der Waals surface area (Å²) in [5, 5.41) is 3.90. The van der Waals surface area contributed by atoms with Crippen molar-refractivity contribution in [2.75, 3.05) is 6.61 Å². The third-order valence-electron chi connectivity index (χ3n) is 1.51. The van der Waals surface area contributed by atoms with E-state index in [4.69, 9.17) is 17.0 Å². The molecule has 5 nitrogen and oxygen atoms in total. The maximum absolute atomic E-state index is 11.0. The normalized spacial score (nSPS) is 10.1.